The lowest BCUT2D eigenvalue weighted by atomic mass is 10.1. The van der Waals surface area contributed by atoms with E-state index in [1.807, 2.05) is 72.0 Å². The highest BCUT2D eigenvalue weighted by molar-refractivity contribution is 7.26. The number of fused-ring (bicyclic) bond motifs is 10. The molecule has 4 aromatic heterocycles. The van der Waals surface area contributed by atoms with Gasteiger partial charge in [-0.2, -0.15) is 0 Å². The quantitative estimate of drug-likeness (QED) is 0.176. The summed E-state index contributed by atoms with van der Waals surface area (Å²) in [6.07, 6.45) is 0. The van der Waals surface area contributed by atoms with Crippen LogP contribution in [0.2, 0.25) is 0 Å². The van der Waals surface area contributed by atoms with Crippen LogP contribution in [-0.2, 0) is 0 Å². The zero-order chi connectivity index (χ0) is 37.5. The summed E-state index contributed by atoms with van der Waals surface area (Å²) < 4.78 is 7.37. The van der Waals surface area contributed by atoms with Crippen molar-refractivity contribution in [2.24, 2.45) is 0 Å². The second-order valence-electron chi connectivity index (χ2n) is 14.4. The first-order valence-corrected chi connectivity index (χ1v) is 19.9. The van der Waals surface area contributed by atoms with Crippen molar-refractivity contribution < 1.29 is 0 Å². The van der Waals surface area contributed by atoms with Gasteiger partial charge in [-0.1, -0.05) is 140 Å². The van der Waals surface area contributed by atoms with E-state index in [-0.39, 0.29) is 0 Å². The second-order valence-corrected chi connectivity index (χ2v) is 15.5. The normalized spacial score (nSPS) is 11.9. The summed E-state index contributed by atoms with van der Waals surface area (Å²) in [5.74, 6) is 1.93. The van der Waals surface area contributed by atoms with E-state index in [2.05, 4.69) is 137 Å². The van der Waals surface area contributed by atoms with Gasteiger partial charge in [-0.15, -0.1) is 11.3 Å². The van der Waals surface area contributed by atoms with Gasteiger partial charge in [-0.3, -0.25) is 0 Å². The topological polar surface area (TPSA) is 48.5 Å². The van der Waals surface area contributed by atoms with Crippen molar-refractivity contribution in [3.63, 3.8) is 0 Å². The predicted octanol–water partition coefficient (Wildman–Crippen LogP) is 13.4. The fourth-order valence-corrected chi connectivity index (χ4v) is 9.84. The monoisotopic (exact) mass is 745 g/mol. The van der Waals surface area contributed by atoms with E-state index in [0.717, 1.165) is 33.6 Å². The fourth-order valence-electron chi connectivity index (χ4n) is 8.59. The Balaban J connectivity index is 1.10. The summed E-state index contributed by atoms with van der Waals surface area (Å²) in [5, 5.41) is 7.51. The molecule has 8 aromatic carbocycles. The summed E-state index contributed by atoms with van der Waals surface area (Å²) >= 11 is 1.88. The molecule has 0 spiro atoms. The molecule has 0 N–H and O–H groups in total. The molecule has 5 nitrogen and oxygen atoms in total. The van der Waals surface area contributed by atoms with E-state index in [1.165, 1.54) is 58.3 Å². The van der Waals surface area contributed by atoms with E-state index in [0.29, 0.717) is 17.5 Å². The molecule has 266 valence electrons. The summed E-state index contributed by atoms with van der Waals surface area (Å²) in [5.41, 5.74) is 9.84. The first-order chi connectivity index (χ1) is 28.3. The van der Waals surface area contributed by atoms with E-state index in [1.54, 1.807) is 0 Å². The first-order valence-electron chi connectivity index (χ1n) is 19.1. The van der Waals surface area contributed by atoms with Crippen LogP contribution >= 0.6 is 11.3 Å². The van der Waals surface area contributed by atoms with Crippen molar-refractivity contribution in [2.75, 3.05) is 0 Å². The Bertz CT molecular complexity index is 3450. The molecular formula is C51H31N5S. The van der Waals surface area contributed by atoms with Gasteiger partial charge in [0, 0.05) is 65.1 Å². The number of benzene rings is 8. The molecule has 0 aliphatic heterocycles. The number of para-hydroxylation sites is 3. The van der Waals surface area contributed by atoms with Crippen LogP contribution in [0.4, 0.5) is 0 Å². The predicted molar refractivity (Wildman–Crippen MR) is 238 cm³/mol. The lowest BCUT2D eigenvalue weighted by molar-refractivity contribution is 1.07. The average Bonchev–Trinajstić information content (AvgIpc) is 3.93. The third-order valence-corrected chi connectivity index (χ3v) is 12.3. The Morgan fingerprint density at radius 3 is 1.54 bits per heavy atom. The Kier molecular flexibility index (Phi) is 7.03. The molecule has 0 saturated carbocycles. The number of aromatic nitrogens is 5. The van der Waals surface area contributed by atoms with Gasteiger partial charge < -0.3 is 9.13 Å². The molecule has 0 radical (unpaired) electrons. The van der Waals surface area contributed by atoms with Gasteiger partial charge in [0.15, 0.2) is 17.5 Å². The van der Waals surface area contributed by atoms with Crippen LogP contribution in [0.15, 0.2) is 188 Å². The molecule has 0 bridgehead atoms. The van der Waals surface area contributed by atoms with Crippen LogP contribution < -0.4 is 0 Å². The average molecular weight is 746 g/mol. The van der Waals surface area contributed by atoms with Gasteiger partial charge in [0.25, 0.3) is 0 Å². The lowest BCUT2D eigenvalue weighted by Gasteiger charge is -2.12. The molecule has 0 saturated heterocycles. The molecule has 0 amide bonds. The van der Waals surface area contributed by atoms with Crippen molar-refractivity contribution in [3.05, 3.63) is 188 Å². The summed E-state index contributed by atoms with van der Waals surface area (Å²) in [4.78, 5) is 15.1. The first kappa shape index (κ1) is 31.9. The highest BCUT2D eigenvalue weighted by atomic mass is 32.1. The van der Waals surface area contributed by atoms with Gasteiger partial charge in [-0.25, -0.2) is 15.0 Å². The summed E-state index contributed by atoms with van der Waals surface area (Å²) in [6, 6.07) is 66.6. The number of hydrogen-bond donors (Lipinski definition) is 0. The summed E-state index contributed by atoms with van der Waals surface area (Å²) in [7, 11) is 0. The van der Waals surface area contributed by atoms with Gasteiger partial charge in [0.1, 0.15) is 0 Å². The highest BCUT2D eigenvalue weighted by Gasteiger charge is 2.21. The SMILES string of the molecule is c1ccc(-c2nc(-c3ccccc3)nc(-c3cccc(-n4c5ccccc5c5ccc6c7cc8c9ccccc9n(-c9ccccc9)c8cc7sc6c54)c3)n2)cc1. The maximum Gasteiger partial charge on any atom is 0.164 e. The second kappa shape index (κ2) is 12.6. The zero-order valence-corrected chi connectivity index (χ0v) is 31.4. The maximum atomic E-state index is 5.07. The number of nitrogens with zero attached hydrogens (tertiary/aromatic N) is 5. The van der Waals surface area contributed by atoms with Crippen LogP contribution in [0.3, 0.4) is 0 Å². The maximum absolute atomic E-state index is 5.07. The Morgan fingerprint density at radius 2 is 0.860 bits per heavy atom. The van der Waals surface area contributed by atoms with Gasteiger partial charge in [0.2, 0.25) is 0 Å². The van der Waals surface area contributed by atoms with E-state index >= 15 is 0 Å². The van der Waals surface area contributed by atoms with Crippen LogP contribution in [0.5, 0.6) is 0 Å². The molecule has 0 atom stereocenters. The molecule has 0 aliphatic rings. The van der Waals surface area contributed by atoms with Crippen molar-refractivity contribution in [1.29, 1.82) is 0 Å². The number of hydrogen-bond acceptors (Lipinski definition) is 4. The minimum Gasteiger partial charge on any atom is -0.309 e. The van der Waals surface area contributed by atoms with Crippen LogP contribution in [0.1, 0.15) is 0 Å². The third-order valence-electron chi connectivity index (χ3n) is 11.1. The highest BCUT2D eigenvalue weighted by Crippen LogP contribution is 2.45. The fraction of sp³-hybridized carbons (Fsp3) is 0. The standard InChI is InChI=1S/C51H31N5S/c1-4-15-32(16-5-1)49-52-50(33-17-6-2-7-18-33)54-51(53-49)34-19-14-22-36(29-34)56-44-26-13-10-23-37(44)39-27-28-40-42-30-41-38-24-11-12-25-43(38)55(35-20-8-3-9-21-35)45(41)31-46(42)57-48(40)47(39)56/h1-31H. The van der Waals surface area contributed by atoms with Gasteiger partial charge >= 0.3 is 0 Å². The minimum atomic E-state index is 0.634. The van der Waals surface area contributed by atoms with E-state index < -0.39 is 0 Å². The van der Waals surface area contributed by atoms with Crippen molar-refractivity contribution >= 4 is 75.1 Å². The summed E-state index contributed by atoms with van der Waals surface area (Å²) in [6.45, 7) is 0. The largest absolute Gasteiger partial charge is 0.309 e. The lowest BCUT2D eigenvalue weighted by Crippen LogP contribution is -2.01. The smallest absolute Gasteiger partial charge is 0.164 e. The zero-order valence-electron chi connectivity index (χ0n) is 30.5. The van der Waals surface area contributed by atoms with Gasteiger partial charge in [0.05, 0.1) is 26.8 Å². The van der Waals surface area contributed by atoms with Crippen LogP contribution in [0, 0.1) is 0 Å². The Morgan fingerprint density at radius 1 is 0.333 bits per heavy atom. The van der Waals surface area contributed by atoms with E-state index in [9.17, 15) is 0 Å². The Labute approximate surface area is 331 Å². The number of rotatable bonds is 5. The third kappa shape index (κ3) is 4.98. The van der Waals surface area contributed by atoms with Crippen molar-refractivity contribution in [1.82, 2.24) is 24.1 Å². The molecule has 0 aliphatic carbocycles. The molecule has 12 rings (SSSR count). The van der Waals surface area contributed by atoms with E-state index in [4.69, 9.17) is 15.0 Å². The minimum absolute atomic E-state index is 0.634. The number of thiophene rings is 1. The van der Waals surface area contributed by atoms with Gasteiger partial charge in [-0.05, 0) is 48.5 Å². The molecule has 12 aromatic rings. The Hall–Kier alpha value is -7.41. The van der Waals surface area contributed by atoms with Crippen molar-refractivity contribution in [2.45, 2.75) is 0 Å². The molecule has 6 heteroatoms. The van der Waals surface area contributed by atoms with Crippen LogP contribution in [-0.4, -0.2) is 24.1 Å². The molecule has 0 unspecified atom stereocenters. The van der Waals surface area contributed by atoms with Crippen molar-refractivity contribution in [3.8, 4) is 45.5 Å². The molecule has 57 heavy (non-hydrogen) atoms. The molecule has 0 fully saturated rings. The van der Waals surface area contributed by atoms with Crippen LogP contribution in [0.25, 0.3) is 109 Å². The molecular weight excluding hydrogens is 715 g/mol. The molecule has 4 heterocycles.